The molecule has 160 valence electrons. The first kappa shape index (κ1) is 21.6. The van der Waals surface area contributed by atoms with Gasteiger partial charge in [-0.3, -0.25) is 0 Å². The smallest absolute Gasteiger partial charge is 0.152 e. The van der Waals surface area contributed by atoms with Crippen LogP contribution in [0.1, 0.15) is 75.3 Å². The molecule has 0 amide bonds. The zero-order valence-corrected chi connectivity index (χ0v) is 18.1. The lowest BCUT2D eigenvalue weighted by molar-refractivity contribution is 0.165. The zero-order valence-electron chi connectivity index (χ0n) is 18.1. The molecule has 31 heavy (non-hydrogen) atoms. The van der Waals surface area contributed by atoms with Crippen LogP contribution in [0.3, 0.4) is 0 Å². The Morgan fingerprint density at radius 2 is 1.32 bits per heavy atom. The van der Waals surface area contributed by atoms with Crippen molar-refractivity contribution in [3.8, 4) is 29.0 Å². The normalized spacial score (nSPS) is 25.9. The van der Waals surface area contributed by atoms with Gasteiger partial charge in [0.1, 0.15) is 11.6 Å². The first-order chi connectivity index (χ1) is 15.0. The number of hydrogen-bond acceptors (Lipinski definition) is 1. The molecule has 0 aromatic heterocycles. The summed E-state index contributed by atoms with van der Waals surface area (Å²) in [6.07, 6.45) is 10.8. The first-order valence-corrected chi connectivity index (χ1v) is 11.5. The van der Waals surface area contributed by atoms with E-state index in [1.807, 2.05) is 12.1 Å². The second-order valence-electron chi connectivity index (χ2n) is 9.43. The lowest BCUT2D eigenvalue weighted by Gasteiger charge is -2.37. The van der Waals surface area contributed by atoms with Crippen LogP contribution in [-0.4, -0.2) is 0 Å². The summed E-state index contributed by atoms with van der Waals surface area (Å²) in [5.74, 6) is 6.14. The van der Waals surface area contributed by atoms with Crippen molar-refractivity contribution >= 4 is 0 Å². The van der Waals surface area contributed by atoms with Crippen molar-refractivity contribution in [1.82, 2.24) is 0 Å². The van der Waals surface area contributed by atoms with Gasteiger partial charge in [-0.1, -0.05) is 44.0 Å². The summed E-state index contributed by atoms with van der Waals surface area (Å²) >= 11 is 0. The highest BCUT2D eigenvalue weighted by atomic mass is 19.1. The average Bonchev–Trinajstić information content (AvgIpc) is 2.79. The Kier molecular flexibility index (Phi) is 6.72. The number of nitrogens with zero attached hydrogens (tertiary/aromatic N) is 1. The Hall–Kier alpha value is -2.65. The van der Waals surface area contributed by atoms with Crippen LogP contribution in [0, 0.1) is 52.6 Å². The van der Waals surface area contributed by atoms with E-state index in [1.165, 1.54) is 69.1 Å². The van der Waals surface area contributed by atoms with Gasteiger partial charge in [0.25, 0.3) is 0 Å². The minimum atomic E-state index is -0.739. The Morgan fingerprint density at radius 1 is 0.774 bits per heavy atom. The molecular weight excluding hydrogens is 388 g/mol. The van der Waals surface area contributed by atoms with Gasteiger partial charge < -0.3 is 0 Å². The number of nitriles is 1. The number of halogens is 2. The molecule has 0 heterocycles. The Balaban J connectivity index is 1.41. The van der Waals surface area contributed by atoms with E-state index < -0.39 is 11.6 Å². The third kappa shape index (κ3) is 4.99. The van der Waals surface area contributed by atoms with E-state index in [2.05, 4.69) is 30.9 Å². The molecule has 2 aromatic carbocycles. The van der Waals surface area contributed by atoms with Crippen molar-refractivity contribution in [2.75, 3.05) is 0 Å². The van der Waals surface area contributed by atoms with Crippen LogP contribution in [-0.2, 0) is 0 Å². The Morgan fingerprint density at radius 3 is 1.87 bits per heavy atom. The predicted molar refractivity (Wildman–Crippen MR) is 120 cm³/mol. The molecule has 0 N–H and O–H groups in total. The Bertz CT molecular complexity index is 983. The lowest BCUT2D eigenvalue weighted by Crippen LogP contribution is -2.24. The highest BCUT2D eigenvalue weighted by Gasteiger charge is 2.30. The largest absolute Gasteiger partial charge is 0.205 e. The maximum absolute atomic E-state index is 14.2. The SMILES string of the molecule is CC1CCC(C2CCC(c3ccc(-c4cc(F)c(C#CC#N)c(F)c4)cc3)CC2)CC1. The fourth-order valence-corrected chi connectivity index (χ4v) is 5.58. The quantitative estimate of drug-likeness (QED) is 0.472. The van der Waals surface area contributed by atoms with Crippen molar-refractivity contribution in [1.29, 1.82) is 5.26 Å². The summed E-state index contributed by atoms with van der Waals surface area (Å²) < 4.78 is 28.5. The van der Waals surface area contributed by atoms with Crippen LogP contribution in [0.2, 0.25) is 0 Å². The first-order valence-electron chi connectivity index (χ1n) is 11.5. The fraction of sp³-hybridized carbons (Fsp3) is 0.464. The monoisotopic (exact) mass is 417 g/mol. The molecule has 2 saturated carbocycles. The third-order valence-corrected chi connectivity index (χ3v) is 7.50. The maximum atomic E-state index is 14.2. The van der Waals surface area contributed by atoms with Crippen LogP contribution < -0.4 is 0 Å². The van der Waals surface area contributed by atoms with Gasteiger partial charge in [-0.05, 0) is 96.9 Å². The predicted octanol–water partition coefficient (Wildman–Crippen LogP) is 7.61. The minimum Gasteiger partial charge on any atom is -0.205 e. The summed E-state index contributed by atoms with van der Waals surface area (Å²) in [5, 5.41) is 8.50. The standard InChI is InChI=1S/C28H29F2N/c1-19-4-6-20(7-5-19)21-8-10-22(11-9-21)23-12-14-24(15-13-23)25-17-27(29)26(3-2-16-31)28(30)18-25/h12-15,17-22H,4-11H2,1H3. The lowest BCUT2D eigenvalue weighted by atomic mass is 9.68. The fourth-order valence-electron chi connectivity index (χ4n) is 5.58. The number of hydrogen-bond donors (Lipinski definition) is 0. The Labute approximate surface area is 184 Å². The molecule has 4 rings (SSSR count). The molecule has 0 atom stereocenters. The van der Waals surface area contributed by atoms with E-state index in [0.717, 1.165) is 23.3 Å². The van der Waals surface area contributed by atoms with Gasteiger partial charge in [0.2, 0.25) is 0 Å². The molecular formula is C28H29F2N. The molecule has 2 aliphatic carbocycles. The van der Waals surface area contributed by atoms with Gasteiger partial charge in [-0.2, -0.15) is 5.26 Å². The molecule has 0 radical (unpaired) electrons. The second-order valence-corrected chi connectivity index (χ2v) is 9.43. The topological polar surface area (TPSA) is 23.8 Å². The van der Waals surface area contributed by atoms with E-state index in [1.54, 1.807) is 6.07 Å². The van der Waals surface area contributed by atoms with E-state index in [-0.39, 0.29) is 5.56 Å². The maximum Gasteiger partial charge on any atom is 0.152 e. The third-order valence-electron chi connectivity index (χ3n) is 7.50. The highest BCUT2D eigenvalue weighted by Crippen LogP contribution is 2.44. The van der Waals surface area contributed by atoms with Crippen LogP contribution >= 0.6 is 0 Å². The van der Waals surface area contributed by atoms with Crippen molar-refractivity contribution in [2.24, 2.45) is 17.8 Å². The summed E-state index contributed by atoms with van der Waals surface area (Å²) in [6, 6.07) is 12.3. The molecule has 0 saturated heterocycles. The molecule has 0 unspecified atom stereocenters. The van der Waals surface area contributed by atoms with Gasteiger partial charge >= 0.3 is 0 Å². The molecule has 2 aliphatic rings. The van der Waals surface area contributed by atoms with Crippen molar-refractivity contribution in [3.05, 3.63) is 59.2 Å². The van der Waals surface area contributed by atoms with Crippen LogP contribution in [0.5, 0.6) is 0 Å². The zero-order chi connectivity index (χ0) is 21.8. The van der Waals surface area contributed by atoms with Crippen molar-refractivity contribution < 1.29 is 8.78 Å². The van der Waals surface area contributed by atoms with E-state index in [0.29, 0.717) is 11.5 Å². The second kappa shape index (κ2) is 9.65. The van der Waals surface area contributed by atoms with Crippen LogP contribution in [0.25, 0.3) is 11.1 Å². The van der Waals surface area contributed by atoms with Crippen molar-refractivity contribution in [3.63, 3.8) is 0 Å². The number of rotatable bonds is 3. The average molecular weight is 418 g/mol. The molecule has 0 bridgehead atoms. The summed E-state index contributed by atoms with van der Waals surface area (Å²) in [7, 11) is 0. The van der Waals surface area contributed by atoms with Crippen LogP contribution in [0.4, 0.5) is 8.78 Å². The van der Waals surface area contributed by atoms with E-state index in [4.69, 9.17) is 5.26 Å². The van der Waals surface area contributed by atoms with E-state index >= 15 is 0 Å². The molecule has 2 aromatic rings. The molecule has 0 aliphatic heterocycles. The van der Waals surface area contributed by atoms with Crippen LogP contribution in [0.15, 0.2) is 36.4 Å². The van der Waals surface area contributed by atoms with Gasteiger partial charge in [-0.25, -0.2) is 8.78 Å². The highest BCUT2D eigenvalue weighted by molar-refractivity contribution is 5.65. The number of benzene rings is 2. The molecule has 1 nitrogen and oxygen atoms in total. The molecule has 2 fully saturated rings. The summed E-state index contributed by atoms with van der Waals surface area (Å²) in [4.78, 5) is 0. The summed E-state index contributed by atoms with van der Waals surface area (Å²) in [5.41, 5.74) is 2.24. The van der Waals surface area contributed by atoms with Gasteiger partial charge in [0, 0.05) is 5.92 Å². The van der Waals surface area contributed by atoms with Gasteiger partial charge in [-0.15, -0.1) is 0 Å². The molecule has 0 spiro atoms. The van der Waals surface area contributed by atoms with Gasteiger partial charge in [0.15, 0.2) is 6.07 Å². The van der Waals surface area contributed by atoms with Crippen molar-refractivity contribution in [2.45, 2.75) is 64.2 Å². The molecule has 3 heteroatoms. The minimum absolute atomic E-state index is 0.355. The van der Waals surface area contributed by atoms with Gasteiger partial charge in [0.05, 0.1) is 5.56 Å². The summed E-state index contributed by atoms with van der Waals surface area (Å²) in [6.45, 7) is 2.39. The van der Waals surface area contributed by atoms with E-state index in [9.17, 15) is 8.78 Å².